The van der Waals surface area contributed by atoms with Gasteiger partial charge < -0.3 is 15.8 Å². The van der Waals surface area contributed by atoms with Crippen LogP contribution >= 0.6 is 0 Å². The SMILES string of the molecule is C=CC(=O)Nc1cccc(-c2cnc3c(c2)c(-c2cccc(C#N)c2)cn3COC(=O)C(N)C(C)CC)c1. The molecule has 0 radical (unpaired) electrons. The molecule has 4 aromatic rings. The molecular weight excluding hydrogens is 478 g/mol. The zero-order chi connectivity index (χ0) is 27.2. The minimum Gasteiger partial charge on any atom is -0.443 e. The van der Waals surface area contributed by atoms with Crippen LogP contribution in [0.2, 0.25) is 0 Å². The molecule has 2 aromatic heterocycles. The molecule has 8 nitrogen and oxygen atoms in total. The van der Waals surface area contributed by atoms with Crippen LogP contribution in [0.4, 0.5) is 5.69 Å². The lowest BCUT2D eigenvalue weighted by Crippen LogP contribution is -2.38. The second kappa shape index (κ2) is 11.5. The lowest BCUT2D eigenvalue weighted by atomic mass is 10.0. The zero-order valence-electron chi connectivity index (χ0n) is 21.3. The van der Waals surface area contributed by atoms with Gasteiger partial charge in [-0.05, 0) is 53.5 Å². The van der Waals surface area contributed by atoms with E-state index in [2.05, 4.69) is 18.0 Å². The molecule has 0 saturated heterocycles. The molecule has 4 rings (SSSR count). The second-order valence-corrected chi connectivity index (χ2v) is 9.08. The predicted molar refractivity (Wildman–Crippen MR) is 148 cm³/mol. The highest BCUT2D eigenvalue weighted by Gasteiger charge is 2.22. The van der Waals surface area contributed by atoms with Gasteiger partial charge in [-0.15, -0.1) is 0 Å². The normalized spacial score (nSPS) is 12.4. The number of fused-ring (bicyclic) bond motifs is 1. The van der Waals surface area contributed by atoms with E-state index in [4.69, 9.17) is 15.5 Å². The number of rotatable bonds is 9. The van der Waals surface area contributed by atoms with E-state index in [1.165, 1.54) is 6.08 Å². The first-order valence-electron chi connectivity index (χ1n) is 12.3. The number of benzene rings is 2. The average Bonchev–Trinajstić information content (AvgIpc) is 3.32. The Balaban J connectivity index is 1.76. The van der Waals surface area contributed by atoms with E-state index in [9.17, 15) is 14.9 Å². The maximum absolute atomic E-state index is 12.5. The molecule has 2 unspecified atom stereocenters. The summed E-state index contributed by atoms with van der Waals surface area (Å²) in [6.45, 7) is 7.33. The van der Waals surface area contributed by atoms with Crippen LogP contribution in [-0.4, -0.2) is 27.5 Å². The maximum Gasteiger partial charge on any atom is 0.324 e. The van der Waals surface area contributed by atoms with E-state index in [0.29, 0.717) is 16.9 Å². The summed E-state index contributed by atoms with van der Waals surface area (Å²) < 4.78 is 7.31. The first kappa shape index (κ1) is 26.3. The standard InChI is InChI=1S/C30H29N5O3/c1-4-19(3)28(32)30(37)38-18-35-17-26(22-10-6-8-20(12-22)15-31)25-14-23(16-33-29(25)35)21-9-7-11-24(13-21)34-27(36)5-2/h5-14,16-17,19,28H,2,4,18,32H2,1,3H3,(H,34,36). The summed E-state index contributed by atoms with van der Waals surface area (Å²) in [5.74, 6) is -0.764. The highest BCUT2D eigenvalue weighted by molar-refractivity contribution is 6.00. The van der Waals surface area contributed by atoms with Gasteiger partial charge in [0, 0.05) is 34.6 Å². The molecule has 1 amide bonds. The van der Waals surface area contributed by atoms with Crippen LogP contribution in [-0.2, 0) is 21.1 Å². The molecule has 0 aliphatic rings. The Hall–Kier alpha value is -4.74. The minimum atomic E-state index is -0.706. The fourth-order valence-corrected chi connectivity index (χ4v) is 4.10. The minimum absolute atomic E-state index is 0.000832. The summed E-state index contributed by atoms with van der Waals surface area (Å²) in [4.78, 5) is 29.0. The van der Waals surface area contributed by atoms with Gasteiger partial charge in [0.25, 0.3) is 0 Å². The summed E-state index contributed by atoms with van der Waals surface area (Å²) in [5.41, 5.74) is 11.2. The molecular formula is C30H29N5O3. The summed E-state index contributed by atoms with van der Waals surface area (Å²) in [6.07, 6.45) is 5.58. The quantitative estimate of drug-likeness (QED) is 0.236. The van der Waals surface area contributed by atoms with Crippen molar-refractivity contribution >= 4 is 28.6 Å². The summed E-state index contributed by atoms with van der Waals surface area (Å²) in [6, 6.07) is 18.2. The number of nitriles is 1. The fourth-order valence-electron chi connectivity index (χ4n) is 4.10. The highest BCUT2D eigenvalue weighted by Crippen LogP contribution is 2.34. The number of carbonyl (C=O) groups excluding carboxylic acids is 2. The molecule has 0 saturated carbocycles. The van der Waals surface area contributed by atoms with Gasteiger partial charge in [0.05, 0.1) is 11.6 Å². The second-order valence-electron chi connectivity index (χ2n) is 9.08. The molecule has 38 heavy (non-hydrogen) atoms. The Bertz CT molecular complexity index is 1550. The van der Waals surface area contributed by atoms with E-state index in [1.54, 1.807) is 22.9 Å². The van der Waals surface area contributed by atoms with Gasteiger partial charge in [-0.1, -0.05) is 51.1 Å². The lowest BCUT2D eigenvalue weighted by molar-refractivity contribution is -0.150. The van der Waals surface area contributed by atoms with Crippen molar-refractivity contribution in [3.8, 4) is 28.3 Å². The van der Waals surface area contributed by atoms with Crippen LogP contribution in [0.5, 0.6) is 0 Å². The molecule has 0 aliphatic carbocycles. The molecule has 0 bridgehead atoms. The third-order valence-corrected chi connectivity index (χ3v) is 6.54. The van der Waals surface area contributed by atoms with Crippen molar-refractivity contribution < 1.29 is 14.3 Å². The van der Waals surface area contributed by atoms with Gasteiger partial charge in [-0.25, -0.2) is 4.98 Å². The molecule has 3 N–H and O–H groups in total. The van der Waals surface area contributed by atoms with Crippen LogP contribution in [0.1, 0.15) is 25.8 Å². The van der Waals surface area contributed by atoms with E-state index in [0.717, 1.165) is 34.1 Å². The Morgan fingerprint density at radius 3 is 2.68 bits per heavy atom. The molecule has 2 aromatic carbocycles. The van der Waals surface area contributed by atoms with Crippen LogP contribution in [0.15, 0.2) is 79.6 Å². The number of nitrogens with two attached hydrogens (primary N) is 1. The van der Waals surface area contributed by atoms with Crippen LogP contribution in [0.25, 0.3) is 33.3 Å². The monoisotopic (exact) mass is 507 g/mol. The summed E-state index contributed by atoms with van der Waals surface area (Å²) >= 11 is 0. The number of hydrogen-bond donors (Lipinski definition) is 2. The van der Waals surface area contributed by atoms with Crippen molar-refractivity contribution in [3.05, 3.63) is 85.2 Å². The first-order valence-corrected chi connectivity index (χ1v) is 12.3. The molecule has 8 heteroatoms. The van der Waals surface area contributed by atoms with E-state index >= 15 is 0 Å². The van der Waals surface area contributed by atoms with Crippen LogP contribution in [0, 0.1) is 17.2 Å². The van der Waals surface area contributed by atoms with E-state index in [-0.39, 0.29) is 18.6 Å². The maximum atomic E-state index is 12.5. The number of ether oxygens (including phenoxy) is 1. The van der Waals surface area contributed by atoms with Crippen LogP contribution < -0.4 is 11.1 Å². The van der Waals surface area contributed by atoms with Crippen molar-refractivity contribution in [3.63, 3.8) is 0 Å². The van der Waals surface area contributed by atoms with E-state index < -0.39 is 12.0 Å². The fraction of sp³-hybridized carbons (Fsp3) is 0.200. The number of pyridine rings is 1. The number of amides is 1. The van der Waals surface area contributed by atoms with Crippen molar-refractivity contribution in [1.29, 1.82) is 5.26 Å². The Kier molecular flexibility index (Phi) is 8.00. The lowest BCUT2D eigenvalue weighted by Gasteiger charge is -2.17. The number of aromatic nitrogens is 2. The molecule has 0 aliphatic heterocycles. The number of anilines is 1. The van der Waals surface area contributed by atoms with Crippen molar-refractivity contribution in [1.82, 2.24) is 9.55 Å². The predicted octanol–water partition coefficient (Wildman–Crippen LogP) is 5.24. The summed E-state index contributed by atoms with van der Waals surface area (Å²) in [5, 5.41) is 13.0. The number of nitrogens with zero attached hydrogens (tertiary/aromatic N) is 3. The Morgan fingerprint density at radius 2 is 1.95 bits per heavy atom. The third-order valence-electron chi connectivity index (χ3n) is 6.54. The van der Waals surface area contributed by atoms with Gasteiger partial charge in [0.1, 0.15) is 11.7 Å². The van der Waals surface area contributed by atoms with Crippen LogP contribution in [0.3, 0.4) is 0 Å². The smallest absolute Gasteiger partial charge is 0.324 e. The van der Waals surface area contributed by atoms with Gasteiger partial charge in [0.2, 0.25) is 5.91 Å². The van der Waals surface area contributed by atoms with Gasteiger partial charge in [-0.2, -0.15) is 5.26 Å². The van der Waals surface area contributed by atoms with Crippen molar-refractivity contribution in [2.24, 2.45) is 11.7 Å². The molecule has 2 atom stereocenters. The molecule has 192 valence electrons. The highest BCUT2D eigenvalue weighted by atomic mass is 16.5. The largest absolute Gasteiger partial charge is 0.443 e. The zero-order valence-corrected chi connectivity index (χ0v) is 21.3. The average molecular weight is 508 g/mol. The van der Waals surface area contributed by atoms with E-state index in [1.807, 2.05) is 62.5 Å². The van der Waals surface area contributed by atoms with Gasteiger partial charge >= 0.3 is 5.97 Å². The third kappa shape index (κ3) is 5.64. The molecule has 2 heterocycles. The first-order chi connectivity index (χ1) is 18.3. The molecule has 0 spiro atoms. The molecule has 0 fully saturated rings. The van der Waals surface area contributed by atoms with Crippen molar-refractivity contribution in [2.45, 2.75) is 33.0 Å². The number of nitrogens with one attached hydrogen (secondary N) is 1. The van der Waals surface area contributed by atoms with Gasteiger partial charge in [0.15, 0.2) is 6.73 Å². The van der Waals surface area contributed by atoms with Crippen molar-refractivity contribution in [2.75, 3.05) is 5.32 Å². The number of hydrogen-bond acceptors (Lipinski definition) is 6. The Labute approximate surface area is 221 Å². The van der Waals surface area contributed by atoms with Gasteiger partial charge in [-0.3, -0.25) is 14.2 Å². The number of carbonyl (C=O) groups is 2. The Morgan fingerprint density at radius 1 is 1.18 bits per heavy atom. The summed E-state index contributed by atoms with van der Waals surface area (Å²) in [7, 11) is 0. The number of esters is 1. The topological polar surface area (TPSA) is 123 Å².